The van der Waals surface area contributed by atoms with Crippen LogP contribution in [0.4, 0.5) is 13.2 Å². The van der Waals surface area contributed by atoms with Gasteiger partial charge in [0.25, 0.3) is 5.91 Å². The molecule has 0 spiro atoms. The van der Waals surface area contributed by atoms with Crippen LogP contribution in [0.1, 0.15) is 28.9 Å². The lowest BCUT2D eigenvalue weighted by Crippen LogP contribution is -2.27. The molecule has 8 heteroatoms. The van der Waals surface area contributed by atoms with Crippen molar-refractivity contribution in [1.82, 2.24) is 5.32 Å². The van der Waals surface area contributed by atoms with E-state index in [9.17, 15) is 18.0 Å². The highest BCUT2D eigenvalue weighted by Crippen LogP contribution is 2.29. The van der Waals surface area contributed by atoms with E-state index in [-0.39, 0.29) is 5.56 Å². The molecule has 5 nitrogen and oxygen atoms in total. The first-order chi connectivity index (χ1) is 12.2. The summed E-state index contributed by atoms with van der Waals surface area (Å²) in [5.41, 5.74) is 0.908. The fourth-order valence-corrected chi connectivity index (χ4v) is 2.34. The summed E-state index contributed by atoms with van der Waals surface area (Å²) in [4.78, 5) is 12.3. The minimum Gasteiger partial charge on any atom is -0.497 e. The molecule has 1 amide bonds. The van der Waals surface area contributed by atoms with E-state index in [1.54, 1.807) is 25.1 Å². The summed E-state index contributed by atoms with van der Waals surface area (Å²) in [5, 5.41) is 2.77. The molecule has 0 saturated heterocycles. The number of ether oxygens (including phenoxy) is 3. The van der Waals surface area contributed by atoms with Crippen molar-refractivity contribution in [2.45, 2.75) is 19.3 Å². The van der Waals surface area contributed by atoms with Gasteiger partial charge in [0, 0.05) is 11.1 Å². The SMILES string of the molecule is COc1ccc(OC)c([C@@H](C)NC(=O)c2ccc(OC(F)(F)F)cc2)c1. The van der Waals surface area contributed by atoms with E-state index in [4.69, 9.17) is 9.47 Å². The zero-order valence-electron chi connectivity index (χ0n) is 14.4. The van der Waals surface area contributed by atoms with Gasteiger partial charge in [0.2, 0.25) is 0 Å². The highest BCUT2D eigenvalue weighted by atomic mass is 19.4. The molecule has 2 aromatic rings. The summed E-state index contributed by atoms with van der Waals surface area (Å²) in [5.74, 6) is 0.348. The Kier molecular flexibility index (Phi) is 5.97. The predicted molar refractivity (Wildman–Crippen MR) is 88.6 cm³/mol. The maximum absolute atomic E-state index is 12.3. The molecule has 0 bridgehead atoms. The summed E-state index contributed by atoms with van der Waals surface area (Å²) in [6.07, 6.45) is -4.78. The average Bonchev–Trinajstić information content (AvgIpc) is 2.60. The maximum atomic E-state index is 12.3. The van der Waals surface area contributed by atoms with Crippen LogP contribution < -0.4 is 19.5 Å². The van der Waals surface area contributed by atoms with Crippen molar-refractivity contribution in [1.29, 1.82) is 0 Å². The average molecular weight is 369 g/mol. The third-order valence-electron chi connectivity index (χ3n) is 3.60. The number of carbonyl (C=O) groups is 1. The highest BCUT2D eigenvalue weighted by molar-refractivity contribution is 5.94. The molecule has 0 aromatic heterocycles. The first-order valence-corrected chi connectivity index (χ1v) is 7.62. The lowest BCUT2D eigenvalue weighted by atomic mass is 10.1. The van der Waals surface area contributed by atoms with E-state index in [0.717, 1.165) is 12.1 Å². The van der Waals surface area contributed by atoms with E-state index in [1.807, 2.05) is 0 Å². The van der Waals surface area contributed by atoms with Crippen LogP contribution in [-0.4, -0.2) is 26.5 Å². The number of carbonyl (C=O) groups excluding carboxylic acids is 1. The smallest absolute Gasteiger partial charge is 0.497 e. The first kappa shape index (κ1) is 19.4. The fourth-order valence-electron chi connectivity index (χ4n) is 2.34. The molecule has 2 aromatic carbocycles. The number of rotatable bonds is 6. The highest BCUT2D eigenvalue weighted by Gasteiger charge is 2.31. The third-order valence-corrected chi connectivity index (χ3v) is 3.60. The first-order valence-electron chi connectivity index (χ1n) is 7.62. The lowest BCUT2D eigenvalue weighted by Gasteiger charge is -2.18. The molecule has 0 radical (unpaired) electrons. The molecule has 0 aliphatic rings. The summed E-state index contributed by atoms with van der Waals surface area (Å²) < 4.78 is 50.7. The second kappa shape index (κ2) is 7.99. The number of benzene rings is 2. The standard InChI is InChI=1S/C18H18F3NO4/c1-11(15-10-14(24-2)8-9-16(15)25-3)22-17(23)12-4-6-13(7-5-12)26-18(19,20)21/h4-11H,1-3H3,(H,22,23)/t11-/m1/s1. The topological polar surface area (TPSA) is 56.8 Å². The van der Waals surface area contributed by atoms with Gasteiger partial charge >= 0.3 is 6.36 Å². The molecule has 1 N–H and O–H groups in total. The lowest BCUT2D eigenvalue weighted by molar-refractivity contribution is -0.274. The molecule has 0 aliphatic carbocycles. The minimum atomic E-state index is -4.78. The van der Waals surface area contributed by atoms with Crippen LogP contribution in [0.3, 0.4) is 0 Å². The van der Waals surface area contributed by atoms with Crippen LogP contribution in [0.5, 0.6) is 17.2 Å². The molecule has 0 fully saturated rings. The van der Waals surface area contributed by atoms with Gasteiger partial charge in [-0.25, -0.2) is 0 Å². The molecule has 0 aliphatic heterocycles. The fraction of sp³-hybridized carbons (Fsp3) is 0.278. The van der Waals surface area contributed by atoms with Gasteiger partial charge in [-0.3, -0.25) is 4.79 Å². The Bertz CT molecular complexity index is 760. The Morgan fingerprint density at radius 3 is 2.15 bits per heavy atom. The molecular formula is C18H18F3NO4. The third kappa shape index (κ3) is 5.05. The molecule has 2 rings (SSSR count). The number of hydrogen-bond acceptors (Lipinski definition) is 4. The van der Waals surface area contributed by atoms with Crippen molar-refractivity contribution in [2.24, 2.45) is 0 Å². The van der Waals surface area contributed by atoms with Gasteiger partial charge in [-0.2, -0.15) is 0 Å². The Balaban J connectivity index is 2.12. The van der Waals surface area contributed by atoms with Crippen molar-refractivity contribution >= 4 is 5.91 Å². The van der Waals surface area contributed by atoms with Crippen molar-refractivity contribution in [3.63, 3.8) is 0 Å². The van der Waals surface area contributed by atoms with Crippen molar-refractivity contribution < 1.29 is 32.2 Å². The number of halogens is 3. The Labute approximate surface area is 148 Å². The molecule has 0 unspecified atom stereocenters. The Hall–Kier alpha value is -2.90. The Morgan fingerprint density at radius 1 is 1.00 bits per heavy atom. The van der Waals surface area contributed by atoms with E-state index >= 15 is 0 Å². The normalized spacial score (nSPS) is 12.2. The predicted octanol–water partition coefficient (Wildman–Crippen LogP) is 4.09. The molecular weight excluding hydrogens is 351 g/mol. The van der Waals surface area contributed by atoms with Gasteiger partial charge < -0.3 is 19.5 Å². The number of nitrogens with one attached hydrogen (secondary N) is 1. The molecule has 0 heterocycles. The maximum Gasteiger partial charge on any atom is 0.573 e. The molecule has 0 saturated carbocycles. The van der Waals surface area contributed by atoms with Crippen LogP contribution >= 0.6 is 0 Å². The number of hydrogen-bond donors (Lipinski definition) is 1. The van der Waals surface area contributed by atoms with Gasteiger partial charge in [0.05, 0.1) is 20.3 Å². The van der Waals surface area contributed by atoms with Crippen LogP contribution in [0, 0.1) is 0 Å². The van der Waals surface area contributed by atoms with Crippen LogP contribution in [0.2, 0.25) is 0 Å². The molecule has 26 heavy (non-hydrogen) atoms. The van der Waals surface area contributed by atoms with E-state index in [2.05, 4.69) is 10.1 Å². The van der Waals surface area contributed by atoms with Crippen molar-refractivity contribution in [2.75, 3.05) is 14.2 Å². The van der Waals surface area contributed by atoms with Gasteiger partial charge in [-0.15, -0.1) is 13.2 Å². The van der Waals surface area contributed by atoms with Crippen LogP contribution in [-0.2, 0) is 0 Å². The second-order valence-corrected chi connectivity index (χ2v) is 5.38. The van der Waals surface area contributed by atoms with Crippen molar-refractivity contribution in [3.05, 3.63) is 53.6 Å². The molecule has 140 valence electrons. The largest absolute Gasteiger partial charge is 0.573 e. The summed E-state index contributed by atoms with van der Waals surface area (Å²) >= 11 is 0. The van der Waals surface area contributed by atoms with Gasteiger partial charge in [-0.1, -0.05) is 0 Å². The second-order valence-electron chi connectivity index (χ2n) is 5.38. The van der Waals surface area contributed by atoms with Crippen LogP contribution in [0.15, 0.2) is 42.5 Å². The summed E-state index contributed by atoms with van der Waals surface area (Å²) in [6, 6.07) is 9.45. The van der Waals surface area contributed by atoms with Gasteiger partial charge in [-0.05, 0) is 49.4 Å². The monoisotopic (exact) mass is 369 g/mol. The van der Waals surface area contributed by atoms with Crippen molar-refractivity contribution in [3.8, 4) is 17.2 Å². The van der Waals surface area contributed by atoms with E-state index in [1.165, 1.54) is 26.4 Å². The van der Waals surface area contributed by atoms with E-state index < -0.39 is 24.1 Å². The zero-order valence-corrected chi connectivity index (χ0v) is 14.4. The Morgan fingerprint density at radius 2 is 1.62 bits per heavy atom. The molecule has 1 atom stereocenters. The van der Waals surface area contributed by atoms with Crippen LogP contribution in [0.25, 0.3) is 0 Å². The minimum absolute atomic E-state index is 0.202. The van der Waals surface area contributed by atoms with Gasteiger partial charge in [0.1, 0.15) is 17.2 Å². The van der Waals surface area contributed by atoms with Gasteiger partial charge in [0.15, 0.2) is 0 Å². The number of amides is 1. The zero-order chi connectivity index (χ0) is 19.3. The summed E-state index contributed by atoms with van der Waals surface area (Å²) in [7, 11) is 3.04. The summed E-state index contributed by atoms with van der Waals surface area (Å²) in [6.45, 7) is 1.76. The quantitative estimate of drug-likeness (QED) is 0.833. The number of alkyl halides is 3. The van der Waals surface area contributed by atoms with E-state index in [0.29, 0.717) is 17.1 Å². The number of methoxy groups -OCH3 is 2.